The lowest BCUT2D eigenvalue weighted by Gasteiger charge is -2.28. The molecular formula is C61H66N4O. The molecule has 0 radical (unpaired) electrons. The first-order chi connectivity index (χ1) is 31.4. The van der Waals surface area contributed by atoms with E-state index in [1.807, 2.05) is 6.20 Å². The lowest BCUT2D eigenvalue weighted by atomic mass is 9.76. The van der Waals surface area contributed by atoms with Crippen LogP contribution in [-0.2, 0) is 16.2 Å². The summed E-state index contributed by atoms with van der Waals surface area (Å²) in [6, 6.07) is 51.1. The fraction of sp³-hybridized carbons (Fsp3) is 0.295. The molecule has 6 aromatic carbocycles. The summed E-state index contributed by atoms with van der Waals surface area (Å²) in [7, 11) is 0. The zero-order chi connectivity index (χ0) is 46.7. The molecule has 0 spiro atoms. The van der Waals surface area contributed by atoms with Crippen molar-refractivity contribution in [3.8, 4) is 28.4 Å². The van der Waals surface area contributed by atoms with Crippen molar-refractivity contribution in [2.75, 3.05) is 16.5 Å². The standard InChI is InChI=1S/C61H66N4O/c1-40(2)50-25-19-26-51(41(3)4)57(50)42-32-47(64-31-30-63(39-64)46-23-18-22-44(34-46)59(5,6)7)36-48(33-42)66-49-37-53(61(11,12)43-20-14-13-15-21-43)58-52-24-16-17-27-54(52)65(55(58)38-49)56-35-45(28-29-62-56)60(8,9)10/h13-38,40-41H,39H2,1-12H3. The molecule has 0 amide bonds. The second-order valence-corrected chi connectivity index (χ2v) is 21.5. The fourth-order valence-corrected chi connectivity index (χ4v) is 9.77. The molecule has 0 atom stereocenters. The molecule has 0 fully saturated rings. The van der Waals surface area contributed by atoms with E-state index in [0.717, 1.165) is 39.6 Å². The Morgan fingerprint density at radius 1 is 0.530 bits per heavy atom. The van der Waals surface area contributed by atoms with E-state index in [-0.39, 0.29) is 16.2 Å². The number of para-hydroxylation sites is 1. The second-order valence-electron chi connectivity index (χ2n) is 21.5. The zero-order valence-electron chi connectivity index (χ0n) is 41.1. The van der Waals surface area contributed by atoms with Gasteiger partial charge in [0, 0.05) is 58.3 Å². The molecule has 5 nitrogen and oxygen atoms in total. The van der Waals surface area contributed by atoms with Crippen molar-refractivity contribution in [2.24, 2.45) is 0 Å². The van der Waals surface area contributed by atoms with Crippen LogP contribution in [0.2, 0.25) is 0 Å². The molecule has 3 heterocycles. The first kappa shape index (κ1) is 44.6. The number of benzene rings is 6. The van der Waals surface area contributed by atoms with E-state index in [2.05, 4.69) is 249 Å². The summed E-state index contributed by atoms with van der Waals surface area (Å²) < 4.78 is 9.69. The van der Waals surface area contributed by atoms with Crippen molar-refractivity contribution < 1.29 is 4.74 Å². The van der Waals surface area contributed by atoms with Gasteiger partial charge < -0.3 is 14.5 Å². The molecule has 5 heteroatoms. The highest BCUT2D eigenvalue weighted by molar-refractivity contribution is 6.11. The van der Waals surface area contributed by atoms with Crippen molar-refractivity contribution in [1.29, 1.82) is 0 Å². The lowest BCUT2D eigenvalue weighted by molar-refractivity contribution is 0.481. The Hall–Kier alpha value is -6.59. The largest absolute Gasteiger partial charge is 0.457 e. The van der Waals surface area contributed by atoms with Gasteiger partial charge in [-0.25, -0.2) is 4.98 Å². The van der Waals surface area contributed by atoms with Crippen molar-refractivity contribution >= 4 is 33.2 Å². The molecule has 9 rings (SSSR count). The van der Waals surface area contributed by atoms with Crippen LogP contribution in [0.5, 0.6) is 11.5 Å². The Kier molecular flexibility index (Phi) is 11.5. The average Bonchev–Trinajstić information content (AvgIpc) is 3.92. The number of fused-ring (bicyclic) bond motifs is 3. The molecule has 1 aliphatic rings. The third-order valence-corrected chi connectivity index (χ3v) is 13.7. The number of anilines is 2. The molecule has 0 unspecified atom stereocenters. The fourth-order valence-electron chi connectivity index (χ4n) is 9.77. The van der Waals surface area contributed by atoms with Crippen LogP contribution < -0.4 is 14.5 Å². The van der Waals surface area contributed by atoms with Gasteiger partial charge in [0.2, 0.25) is 0 Å². The monoisotopic (exact) mass is 871 g/mol. The number of ether oxygens (including phenoxy) is 1. The van der Waals surface area contributed by atoms with Gasteiger partial charge in [0.15, 0.2) is 0 Å². The Bertz CT molecular complexity index is 3070. The maximum Gasteiger partial charge on any atom is 0.137 e. The van der Waals surface area contributed by atoms with Gasteiger partial charge in [0.1, 0.15) is 17.3 Å². The van der Waals surface area contributed by atoms with Gasteiger partial charge in [-0.1, -0.05) is 162 Å². The highest BCUT2D eigenvalue weighted by atomic mass is 16.5. The van der Waals surface area contributed by atoms with Gasteiger partial charge in [0.25, 0.3) is 0 Å². The van der Waals surface area contributed by atoms with Crippen LogP contribution in [0.15, 0.2) is 158 Å². The van der Waals surface area contributed by atoms with E-state index in [4.69, 9.17) is 9.72 Å². The summed E-state index contributed by atoms with van der Waals surface area (Å²) in [5.41, 5.74) is 14.2. The summed E-state index contributed by atoms with van der Waals surface area (Å²) in [4.78, 5) is 9.73. The smallest absolute Gasteiger partial charge is 0.137 e. The van der Waals surface area contributed by atoms with Gasteiger partial charge in [-0.15, -0.1) is 0 Å². The quantitative estimate of drug-likeness (QED) is 0.137. The summed E-state index contributed by atoms with van der Waals surface area (Å²) >= 11 is 0. The van der Waals surface area contributed by atoms with Gasteiger partial charge in [0.05, 0.1) is 17.7 Å². The van der Waals surface area contributed by atoms with Crippen LogP contribution in [0.1, 0.15) is 128 Å². The maximum absolute atomic E-state index is 7.35. The zero-order valence-corrected chi connectivity index (χ0v) is 41.1. The van der Waals surface area contributed by atoms with Crippen LogP contribution in [0.25, 0.3) is 38.8 Å². The molecule has 2 aromatic heterocycles. The van der Waals surface area contributed by atoms with Crippen molar-refractivity contribution in [3.05, 3.63) is 192 Å². The highest BCUT2D eigenvalue weighted by Gasteiger charge is 2.30. The number of nitrogens with zero attached hydrogens (tertiary/aromatic N) is 4. The SMILES string of the molecule is CC(C)c1cccc(C(C)C)c1-c1cc(Oc2cc(C(C)(C)c3ccccc3)c3c4ccccc4n(-c4cc(C(C)(C)C)ccn4)c3c2)cc(N2C=CN(c3cccc(C(C)(C)C)c3)C2)c1. The number of hydrogen-bond acceptors (Lipinski definition) is 4. The molecule has 0 N–H and O–H groups in total. The Balaban J connectivity index is 1.25. The molecule has 0 aliphatic carbocycles. The molecule has 0 saturated carbocycles. The maximum atomic E-state index is 7.35. The molecule has 1 aliphatic heterocycles. The van der Waals surface area contributed by atoms with Crippen LogP contribution in [-0.4, -0.2) is 16.2 Å². The minimum absolute atomic E-state index is 0.0461. The summed E-state index contributed by atoms with van der Waals surface area (Å²) in [5, 5.41) is 2.39. The summed E-state index contributed by atoms with van der Waals surface area (Å²) in [5.74, 6) is 3.13. The van der Waals surface area contributed by atoms with Crippen molar-refractivity contribution in [1.82, 2.24) is 9.55 Å². The number of rotatable bonds is 10. The third kappa shape index (κ3) is 8.41. The normalized spacial score (nSPS) is 13.5. The molecular weight excluding hydrogens is 805 g/mol. The van der Waals surface area contributed by atoms with Gasteiger partial charge in [-0.05, 0) is 116 Å². The summed E-state index contributed by atoms with van der Waals surface area (Å²) in [6.07, 6.45) is 6.35. The topological polar surface area (TPSA) is 33.5 Å². The third-order valence-electron chi connectivity index (χ3n) is 13.7. The minimum Gasteiger partial charge on any atom is -0.457 e. The van der Waals surface area contributed by atoms with Crippen molar-refractivity contribution in [3.63, 3.8) is 0 Å². The number of aromatic nitrogens is 2. The van der Waals surface area contributed by atoms with E-state index in [1.54, 1.807) is 0 Å². The number of hydrogen-bond donors (Lipinski definition) is 0. The Morgan fingerprint density at radius 3 is 1.82 bits per heavy atom. The first-order valence-corrected chi connectivity index (χ1v) is 23.8. The van der Waals surface area contributed by atoms with Crippen molar-refractivity contribution in [2.45, 2.75) is 111 Å². The average molecular weight is 871 g/mol. The van der Waals surface area contributed by atoms with Crippen LogP contribution in [0.3, 0.4) is 0 Å². The second kappa shape index (κ2) is 17.0. The predicted molar refractivity (Wildman–Crippen MR) is 280 cm³/mol. The molecule has 8 aromatic rings. The van der Waals surface area contributed by atoms with Gasteiger partial charge in [-0.3, -0.25) is 4.57 Å². The first-order valence-electron chi connectivity index (χ1n) is 23.8. The summed E-state index contributed by atoms with van der Waals surface area (Å²) in [6.45, 7) is 28.2. The van der Waals surface area contributed by atoms with Crippen LogP contribution in [0, 0.1) is 0 Å². The highest BCUT2D eigenvalue weighted by Crippen LogP contribution is 2.46. The van der Waals surface area contributed by atoms with E-state index in [9.17, 15) is 0 Å². The van der Waals surface area contributed by atoms with Crippen LogP contribution in [0.4, 0.5) is 11.4 Å². The van der Waals surface area contributed by atoms with E-state index >= 15 is 0 Å². The Labute approximate surface area is 393 Å². The Morgan fingerprint density at radius 2 is 1.14 bits per heavy atom. The van der Waals surface area contributed by atoms with Gasteiger partial charge >= 0.3 is 0 Å². The van der Waals surface area contributed by atoms with Gasteiger partial charge in [-0.2, -0.15) is 0 Å². The van der Waals surface area contributed by atoms with Crippen LogP contribution >= 0.6 is 0 Å². The lowest BCUT2D eigenvalue weighted by Crippen LogP contribution is -2.25. The molecule has 0 bridgehead atoms. The predicted octanol–water partition coefficient (Wildman–Crippen LogP) is 16.6. The van der Waals surface area contributed by atoms with E-state index in [0.29, 0.717) is 18.5 Å². The minimum atomic E-state index is -0.377. The molecule has 66 heavy (non-hydrogen) atoms. The van der Waals surface area contributed by atoms with E-state index < -0.39 is 0 Å². The van der Waals surface area contributed by atoms with E-state index in [1.165, 1.54) is 55.4 Å². The molecule has 0 saturated heterocycles. The number of pyridine rings is 1. The molecule has 336 valence electrons.